The molecule has 2 atom stereocenters. The Morgan fingerprint density at radius 3 is 3.17 bits per heavy atom. The summed E-state index contributed by atoms with van der Waals surface area (Å²) in [6, 6.07) is 4.29. The van der Waals surface area contributed by atoms with Gasteiger partial charge in [-0.15, -0.1) is 11.3 Å². The second-order valence-electron chi connectivity index (χ2n) is 7.04. The van der Waals surface area contributed by atoms with E-state index in [1.54, 1.807) is 16.4 Å². The van der Waals surface area contributed by atoms with Gasteiger partial charge in [-0.05, 0) is 24.3 Å². The van der Waals surface area contributed by atoms with Gasteiger partial charge in [-0.25, -0.2) is 5.06 Å². The number of hydroxylamine groups is 2. The average molecular weight is 336 g/mol. The molecule has 0 aromatic carbocycles. The van der Waals surface area contributed by atoms with Crippen molar-refractivity contribution in [1.82, 2.24) is 9.96 Å². The monoisotopic (exact) mass is 336 g/mol. The van der Waals surface area contributed by atoms with Crippen LogP contribution in [-0.4, -0.2) is 55.3 Å². The van der Waals surface area contributed by atoms with Crippen LogP contribution >= 0.6 is 11.3 Å². The zero-order valence-corrected chi connectivity index (χ0v) is 14.2. The summed E-state index contributed by atoms with van der Waals surface area (Å²) in [6.45, 7) is 5.88. The van der Waals surface area contributed by atoms with Crippen LogP contribution in [0.15, 0.2) is 17.5 Å². The molecule has 0 spiro atoms. The second kappa shape index (κ2) is 6.51. The summed E-state index contributed by atoms with van der Waals surface area (Å²) < 4.78 is 5.75. The summed E-state index contributed by atoms with van der Waals surface area (Å²) in [4.78, 5) is 22.1. The zero-order chi connectivity index (χ0) is 15.7. The molecule has 3 aliphatic rings. The van der Waals surface area contributed by atoms with E-state index in [9.17, 15) is 4.79 Å². The molecule has 3 aliphatic heterocycles. The average Bonchev–Trinajstić information content (AvgIpc) is 3.25. The highest BCUT2D eigenvalue weighted by Gasteiger charge is 2.52. The van der Waals surface area contributed by atoms with Crippen LogP contribution in [0.2, 0.25) is 0 Å². The van der Waals surface area contributed by atoms with Gasteiger partial charge in [-0.3, -0.25) is 14.5 Å². The molecule has 0 saturated carbocycles. The Morgan fingerprint density at radius 1 is 1.43 bits per heavy atom. The first-order chi connectivity index (χ1) is 11.3. The van der Waals surface area contributed by atoms with Crippen LogP contribution < -0.4 is 0 Å². The lowest BCUT2D eigenvalue weighted by molar-refractivity contribution is -0.199. The van der Waals surface area contributed by atoms with Gasteiger partial charge in [-0.1, -0.05) is 6.07 Å². The van der Waals surface area contributed by atoms with Crippen molar-refractivity contribution in [2.24, 2.45) is 11.3 Å². The molecular weight excluding hydrogens is 312 g/mol. The number of ether oxygens (including phenoxy) is 1. The minimum atomic E-state index is -0.0187. The highest BCUT2D eigenvalue weighted by Crippen LogP contribution is 2.45. The molecule has 4 rings (SSSR count). The lowest BCUT2D eigenvalue weighted by Crippen LogP contribution is -2.41. The van der Waals surface area contributed by atoms with Crippen molar-refractivity contribution in [2.75, 3.05) is 39.5 Å². The molecule has 0 radical (unpaired) electrons. The van der Waals surface area contributed by atoms with Gasteiger partial charge in [0, 0.05) is 48.8 Å². The quantitative estimate of drug-likeness (QED) is 0.845. The number of likely N-dealkylation sites (tertiary alicyclic amines) is 1. The first-order valence-electron chi connectivity index (χ1n) is 8.51. The Kier molecular flexibility index (Phi) is 4.41. The Hall–Kier alpha value is -0.950. The summed E-state index contributed by atoms with van der Waals surface area (Å²) in [5, 5.41) is 3.72. The number of carbonyl (C=O) groups is 1. The first-order valence-corrected chi connectivity index (χ1v) is 9.39. The van der Waals surface area contributed by atoms with E-state index in [4.69, 9.17) is 9.57 Å². The van der Waals surface area contributed by atoms with Gasteiger partial charge in [0.15, 0.2) is 0 Å². The van der Waals surface area contributed by atoms with Gasteiger partial charge in [0.05, 0.1) is 19.8 Å². The summed E-state index contributed by atoms with van der Waals surface area (Å²) in [5.74, 6) is 0.606. The summed E-state index contributed by atoms with van der Waals surface area (Å²) >= 11 is 1.81. The maximum absolute atomic E-state index is 12.6. The number of rotatable bonds is 4. The van der Waals surface area contributed by atoms with Crippen LogP contribution in [0.3, 0.4) is 0 Å². The standard InChI is InChI=1S/C17H24N2O3S/c20-16(19-5-1-2-6-22-19)8-17-12-18(9-14(17)11-21-13-17)10-15-4-3-7-23-15/h3-4,7,14H,1-2,5-6,8-13H2/t14-,17+/m1/s1. The smallest absolute Gasteiger partial charge is 0.246 e. The number of nitrogens with zero attached hydrogens (tertiary/aromatic N) is 2. The Morgan fingerprint density at radius 2 is 2.39 bits per heavy atom. The van der Waals surface area contributed by atoms with E-state index in [1.165, 1.54) is 4.88 Å². The van der Waals surface area contributed by atoms with E-state index in [0.717, 1.165) is 45.6 Å². The molecule has 126 valence electrons. The van der Waals surface area contributed by atoms with Gasteiger partial charge >= 0.3 is 0 Å². The Balaban J connectivity index is 1.41. The van der Waals surface area contributed by atoms with Gasteiger partial charge < -0.3 is 4.74 Å². The van der Waals surface area contributed by atoms with Crippen molar-refractivity contribution in [3.63, 3.8) is 0 Å². The van der Waals surface area contributed by atoms with Crippen LogP contribution in [0, 0.1) is 11.3 Å². The number of thiophene rings is 1. The number of hydrogen-bond acceptors (Lipinski definition) is 5. The minimum Gasteiger partial charge on any atom is -0.380 e. The molecule has 0 bridgehead atoms. The van der Waals surface area contributed by atoms with Gasteiger partial charge in [0.2, 0.25) is 5.91 Å². The van der Waals surface area contributed by atoms with Gasteiger partial charge in [0.25, 0.3) is 0 Å². The maximum atomic E-state index is 12.6. The predicted octanol–water partition coefficient (Wildman–Crippen LogP) is 2.14. The van der Waals surface area contributed by atoms with E-state index >= 15 is 0 Å². The fraction of sp³-hybridized carbons (Fsp3) is 0.706. The van der Waals surface area contributed by atoms with Crippen LogP contribution in [0.5, 0.6) is 0 Å². The third-order valence-electron chi connectivity index (χ3n) is 5.34. The van der Waals surface area contributed by atoms with Crippen molar-refractivity contribution < 1.29 is 14.4 Å². The van der Waals surface area contributed by atoms with E-state index in [-0.39, 0.29) is 11.3 Å². The fourth-order valence-corrected chi connectivity index (χ4v) is 4.87. The van der Waals surface area contributed by atoms with E-state index in [1.807, 2.05) is 0 Å². The van der Waals surface area contributed by atoms with Crippen LogP contribution in [0.25, 0.3) is 0 Å². The molecule has 4 heterocycles. The SMILES string of the molecule is O=C(C[C@]12COC[C@H]1CN(Cc1cccs1)C2)N1CCCCO1. The third-order valence-corrected chi connectivity index (χ3v) is 6.20. The van der Waals surface area contributed by atoms with Crippen LogP contribution in [-0.2, 0) is 20.9 Å². The van der Waals surface area contributed by atoms with Crippen molar-refractivity contribution in [2.45, 2.75) is 25.8 Å². The second-order valence-corrected chi connectivity index (χ2v) is 8.07. The molecule has 1 amide bonds. The molecule has 0 N–H and O–H groups in total. The molecule has 23 heavy (non-hydrogen) atoms. The molecular formula is C17H24N2O3S. The molecule has 3 saturated heterocycles. The molecule has 5 nitrogen and oxygen atoms in total. The van der Waals surface area contributed by atoms with Crippen molar-refractivity contribution >= 4 is 17.2 Å². The van der Waals surface area contributed by atoms with Gasteiger partial charge in [-0.2, -0.15) is 0 Å². The summed E-state index contributed by atoms with van der Waals surface area (Å²) in [5.41, 5.74) is -0.0187. The lowest BCUT2D eigenvalue weighted by Gasteiger charge is -2.31. The summed E-state index contributed by atoms with van der Waals surface area (Å²) in [7, 11) is 0. The van der Waals surface area contributed by atoms with E-state index in [2.05, 4.69) is 22.4 Å². The normalized spacial score (nSPS) is 31.5. The number of amides is 1. The molecule has 0 aliphatic carbocycles. The Bertz CT molecular complexity index is 544. The zero-order valence-electron chi connectivity index (χ0n) is 13.4. The van der Waals surface area contributed by atoms with Crippen LogP contribution in [0.1, 0.15) is 24.1 Å². The van der Waals surface area contributed by atoms with Gasteiger partial charge in [0.1, 0.15) is 0 Å². The number of carbonyl (C=O) groups excluding carboxylic acids is 1. The van der Waals surface area contributed by atoms with E-state index in [0.29, 0.717) is 25.6 Å². The lowest BCUT2D eigenvalue weighted by atomic mass is 9.78. The largest absolute Gasteiger partial charge is 0.380 e. The summed E-state index contributed by atoms with van der Waals surface area (Å²) in [6.07, 6.45) is 2.65. The predicted molar refractivity (Wildman–Crippen MR) is 87.9 cm³/mol. The number of hydrogen-bond donors (Lipinski definition) is 0. The highest BCUT2D eigenvalue weighted by atomic mass is 32.1. The molecule has 1 aromatic heterocycles. The minimum absolute atomic E-state index is 0.0187. The molecule has 6 heteroatoms. The van der Waals surface area contributed by atoms with Crippen molar-refractivity contribution in [3.05, 3.63) is 22.4 Å². The topological polar surface area (TPSA) is 42.0 Å². The molecule has 1 aromatic rings. The third kappa shape index (κ3) is 3.18. The highest BCUT2D eigenvalue weighted by molar-refractivity contribution is 7.09. The van der Waals surface area contributed by atoms with E-state index < -0.39 is 0 Å². The maximum Gasteiger partial charge on any atom is 0.246 e. The van der Waals surface area contributed by atoms with Crippen LogP contribution in [0.4, 0.5) is 0 Å². The first kappa shape index (κ1) is 15.6. The number of fused-ring (bicyclic) bond motifs is 1. The van der Waals surface area contributed by atoms with Crippen molar-refractivity contribution in [3.8, 4) is 0 Å². The fourth-order valence-electron chi connectivity index (χ4n) is 4.12. The Labute approximate surface area is 141 Å². The molecule has 3 fully saturated rings. The van der Waals surface area contributed by atoms with Crippen molar-refractivity contribution in [1.29, 1.82) is 0 Å². The molecule has 0 unspecified atom stereocenters.